The first-order valence-corrected chi connectivity index (χ1v) is 10.7. The Morgan fingerprint density at radius 1 is 1.00 bits per heavy atom. The Bertz CT molecular complexity index is 712. The largest absolute Gasteiger partial charge is 0.453 e. The third kappa shape index (κ3) is 3.89. The van der Waals surface area contributed by atoms with Crippen LogP contribution in [0, 0.1) is 5.92 Å². The van der Waals surface area contributed by atoms with Crippen molar-refractivity contribution < 1.29 is 14.3 Å². The summed E-state index contributed by atoms with van der Waals surface area (Å²) in [6.45, 7) is 3.66. The standard InChI is InChI=1S/C23H32N2O3/c1-23(24-22(27)28-2)14-20(15-23)21(26)25-12-10-19(11-13-25)18-8-6-17(7-9-18)16-4-3-5-16/h6-9,16,19-20H,3-5,10-15H2,1-2H3,(H,24,27)/t20-,23+. The number of alkyl carbamates (subject to hydrolysis) is 1. The molecule has 2 saturated carbocycles. The smallest absolute Gasteiger partial charge is 0.407 e. The van der Waals surface area contributed by atoms with Crippen LogP contribution in [0.1, 0.15) is 74.8 Å². The molecule has 0 spiro atoms. The fraction of sp³-hybridized carbons (Fsp3) is 0.652. The van der Waals surface area contributed by atoms with E-state index in [4.69, 9.17) is 0 Å². The van der Waals surface area contributed by atoms with Crippen LogP contribution in [0.2, 0.25) is 0 Å². The predicted octanol–water partition coefficient (Wildman–Crippen LogP) is 4.18. The minimum atomic E-state index is -0.419. The number of carbonyl (C=O) groups excluding carboxylic acids is 2. The van der Waals surface area contributed by atoms with Crippen LogP contribution in [0.15, 0.2) is 24.3 Å². The molecule has 1 saturated heterocycles. The highest BCUT2D eigenvalue weighted by Crippen LogP contribution is 2.40. The summed E-state index contributed by atoms with van der Waals surface area (Å²) in [5.74, 6) is 1.63. The number of piperidine rings is 1. The predicted molar refractivity (Wildman–Crippen MR) is 108 cm³/mol. The molecule has 2 aliphatic carbocycles. The number of nitrogens with one attached hydrogen (secondary N) is 1. The molecule has 2 amide bonds. The third-order valence-electron chi connectivity index (χ3n) is 7.12. The van der Waals surface area contributed by atoms with E-state index in [1.165, 1.54) is 37.5 Å². The van der Waals surface area contributed by atoms with Crippen molar-refractivity contribution in [1.82, 2.24) is 10.2 Å². The molecule has 152 valence electrons. The summed E-state index contributed by atoms with van der Waals surface area (Å²) >= 11 is 0. The van der Waals surface area contributed by atoms with Gasteiger partial charge in [-0.1, -0.05) is 30.7 Å². The summed E-state index contributed by atoms with van der Waals surface area (Å²) in [5.41, 5.74) is 2.61. The summed E-state index contributed by atoms with van der Waals surface area (Å²) in [6.07, 6.45) is 7.12. The van der Waals surface area contributed by atoms with Gasteiger partial charge in [-0.25, -0.2) is 4.79 Å². The van der Waals surface area contributed by atoms with Crippen LogP contribution in [-0.2, 0) is 9.53 Å². The fourth-order valence-corrected chi connectivity index (χ4v) is 5.08. The van der Waals surface area contributed by atoms with Gasteiger partial charge in [0.1, 0.15) is 0 Å². The molecule has 1 aromatic carbocycles. The molecule has 0 radical (unpaired) electrons. The van der Waals surface area contributed by atoms with Gasteiger partial charge in [0.15, 0.2) is 0 Å². The lowest BCUT2D eigenvalue weighted by Gasteiger charge is -2.46. The number of hydrogen-bond acceptors (Lipinski definition) is 3. The fourth-order valence-electron chi connectivity index (χ4n) is 5.08. The zero-order valence-corrected chi connectivity index (χ0v) is 17.1. The van der Waals surface area contributed by atoms with Crippen molar-refractivity contribution >= 4 is 12.0 Å². The van der Waals surface area contributed by atoms with Crippen LogP contribution in [-0.4, -0.2) is 42.6 Å². The minimum absolute atomic E-state index is 0.0282. The van der Waals surface area contributed by atoms with Crippen molar-refractivity contribution in [2.75, 3.05) is 20.2 Å². The molecule has 0 aromatic heterocycles. The number of amides is 2. The SMILES string of the molecule is COC(=O)N[C@]1(C)C[C@H](C(=O)N2CCC(c3ccc(C4CCC4)cc3)CC2)C1. The van der Waals surface area contributed by atoms with E-state index in [1.807, 2.05) is 11.8 Å². The van der Waals surface area contributed by atoms with Crippen molar-refractivity contribution in [2.24, 2.45) is 5.92 Å². The highest BCUT2D eigenvalue weighted by atomic mass is 16.5. The Balaban J connectivity index is 1.25. The zero-order valence-electron chi connectivity index (χ0n) is 17.1. The van der Waals surface area contributed by atoms with E-state index in [9.17, 15) is 9.59 Å². The van der Waals surface area contributed by atoms with Gasteiger partial charge in [-0.15, -0.1) is 0 Å². The molecule has 1 aliphatic heterocycles. The quantitative estimate of drug-likeness (QED) is 0.847. The van der Waals surface area contributed by atoms with Gasteiger partial charge >= 0.3 is 6.09 Å². The molecule has 0 atom stereocenters. The van der Waals surface area contributed by atoms with Gasteiger partial charge in [-0.2, -0.15) is 0 Å². The molecule has 0 unspecified atom stereocenters. The summed E-state index contributed by atoms with van der Waals surface area (Å²) in [4.78, 5) is 26.3. The molecule has 4 rings (SSSR count). The minimum Gasteiger partial charge on any atom is -0.453 e. The van der Waals surface area contributed by atoms with Crippen LogP contribution in [0.4, 0.5) is 4.79 Å². The lowest BCUT2D eigenvalue weighted by molar-refractivity contribution is -0.142. The van der Waals surface area contributed by atoms with Crippen molar-refractivity contribution in [1.29, 1.82) is 0 Å². The Morgan fingerprint density at radius 2 is 1.54 bits per heavy atom. The lowest BCUT2D eigenvalue weighted by Crippen LogP contribution is -2.59. The first-order chi connectivity index (χ1) is 13.5. The Labute approximate surface area is 167 Å². The molecule has 3 aliphatic rings. The molecule has 0 bridgehead atoms. The second-order valence-electron chi connectivity index (χ2n) is 9.18. The number of rotatable bonds is 4. The highest BCUT2D eigenvalue weighted by molar-refractivity contribution is 5.81. The lowest BCUT2D eigenvalue weighted by atomic mass is 9.68. The van der Waals surface area contributed by atoms with E-state index in [-0.39, 0.29) is 17.4 Å². The van der Waals surface area contributed by atoms with Crippen LogP contribution < -0.4 is 5.32 Å². The maximum Gasteiger partial charge on any atom is 0.407 e. The molecule has 5 nitrogen and oxygen atoms in total. The van der Waals surface area contributed by atoms with Crippen LogP contribution in [0.5, 0.6) is 0 Å². The Hall–Kier alpha value is -2.04. The number of hydrogen-bond donors (Lipinski definition) is 1. The van der Waals surface area contributed by atoms with Gasteiger partial charge in [-0.3, -0.25) is 4.79 Å². The number of carbonyl (C=O) groups is 2. The molecular weight excluding hydrogens is 352 g/mol. The number of likely N-dealkylation sites (tertiary alicyclic amines) is 1. The average molecular weight is 385 g/mol. The van der Waals surface area contributed by atoms with Crippen LogP contribution >= 0.6 is 0 Å². The second-order valence-corrected chi connectivity index (χ2v) is 9.18. The van der Waals surface area contributed by atoms with E-state index < -0.39 is 6.09 Å². The maximum atomic E-state index is 12.8. The number of methoxy groups -OCH3 is 1. The molecule has 1 aromatic rings. The monoisotopic (exact) mass is 384 g/mol. The first kappa shape index (κ1) is 19.3. The number of benzene rings is 1. The topological polar surface area (TPSA) is 58.6 Å². The van der Waals surface area contributed by atoms with Crippen LogP contribution in [0.25, 0.3) is 0 Å². The third-order valence-corrected chi connectivity index (χ3v) is 7.12. The first-order valence-electron chi connectivity index (χ1n) is 10.7. The van der Waals surface area contributed by atoms with Gasteiger partial charge in [0.2, 0.25) is 5.91 Å². The van der Waals surface area contributed by atoms with Crippen molar-refractivity contribution in [3.63, 3.8) is 0 Å². The molecule has 3 fully saturated rings. The van der Waals surface area contributed by atoms with Gasteiger partial charge in [0, 0.05) is 24.5 Å². The molecule has 28 heavy (non-hydrogen) atoms. The van der Waals surface area contributed by atoms with Gasteiger partial charge in [0.25, 0.3) is 0 Å². The van der Waals surface area contributed by atoms with Crippen molar-refractivity contribution in [3.8, 4) is 0 Å². The van der Waals surface area contributed by atoms with Gasteiger partial charge < -0.3 is 15.0 Å². The van der Waals surface area contributed by atoms with E-state index in [0.717, 1.165) is 31.8 Å². The Morgan fingerprint density at radius 3 is 2.00 bits per heavy atom. The molecule has 1 heterocycles. The van der Waals surface area contributed by atoms with E-state index >= 15 is 0 Å². The van der Waals surface area contributed by atoms with Crippen LogP contribution in [0.3, 0.4) is 0 Å². The van der Waals surface area contributed by atoms with Crippen molar-refractivity contribution in [3.05, 3.63) is 35.4 Å². The maximum absolute atomic E-state index is 12.8. The number of nitrogens with zero attached hydrogens (tertiary/aromatic N) is 1. The normalized spacial score (nSPS) is 28.2. The summed E-state index contributed by atoms with van der Waals surface area (Å²) in [6, 6.07) is 9.26. The second kappa shape index (κ2) is 7.76. The zero-order chi connectivity index (χ0) is 19.7. The molecule has 1 N–H and O–H groups in total. The Kier molecular flexibility index (Phi) is 5.35. The highest BCUT2D eigenvalue weighted by Gasteiger charge is 2.46. The summed E-state index contributed by atoms with van der Waals surface area (Å²) in [5, 5.41) is 2.85. The molecule has 5 heteroatoms. The number of ether oxygens (including phenoxy) is 1. The molecular formula is C23H32N2O3. The van der Waals surface area contributed by atoms with E-state index in [2.05, 4.69) is 34.3 Å². The van der Waals surface area contributed by atoms with E-state index in [0.29, 0.717) is 18.8 Å². The van der Waals surface area contributed by atoms with Crippen molar-refractivity contribution in [2.45, 2.75) is 69.2 Å². The van der Waals surface area contributed by atoms with Gasteiger partial charge in [-0.05, 0) is 68.4 Å². The van der Waals surface area contributed by atoms with Gasteiger partial charge in [0.05, 0.1) is 7.11 Å². The summed E-state index contributed by atoms with van der Waals surface area (Å²) in [7, 11) is 1.37. The van der Waals surface area contributed by atoms with E-state index in [1.54, 1.807) is 0 Å². The summed E-state index contributed by atoms with van der Waals surface area (Å²) < 4.78 is 4.67. The average Bonchev–Trinajstić information content (AvgIpc) is 2.65.